The molecule has 0 amide bonds. The number of ether oxygens (including phenoxy) is 1. The van der Waals surface area contributed by atoms with Crippen LogP contribution in [0.1, 0.15) is 26.2 Å². The van der Waals surface area contributed by atoms with Gasteiger partial charge in [-0.15, -0.1) is 0 Å². The molecule has 0 saturated carbocycles. The third-order valence-corrected chi connectivity index (χ3v) is 4.62. The molecule has 0 aliphatic carbocycles. The number of pyridine rings is 1. The maximum Gasteiger partial charge on any atom is 0.165 e. The molecule has 5 heteroatoms. The zero-order valence-corrected chi connectivity index (χ0v) is 11.8. The maximum atomic E-state index is 14.0. The van der Waals surface area contributed by atoms with Crippen LogP contribution in [0.3, 0.4) is 0 Å². The first-order chi connectivity index (χ1) is 9.59. The van der Waals surface area contributed by atoms with E-state index >= 15 is 0 Å². The van der Waals surface area contributed by atoms with Crippen molar-refractivity contribution >= 4 is 5.82 Å². The summed E-state index contributed by atoms with van der Waals surface area (Å²) < 4.78 is 19.5. The number of rotatable bonds is 2. The van der Waals surface area contributed by atoms with Gasteiger partial charge in [0, 0.05) is 31.3 Å². The van der Waals surface area contributed by atoms with Gasteiger partial charge in [0.05, 0.1) is 12.2 Å². The Bertz CT molecular complexity index is 481. The summed E-state index contributed by atoms with van der Waals surface area (Å²) in [4.78, 5) is 6.18. The molecular formula is C15H21FN2O2. The smallest absolute Gasteiger partial charge is 0.165 e. The Morgan fingerprint density at radius 1 is 1.55 bits per heavy atom. The average Bonchev–Trinajstić information content (AvgIpc) is 2.87. The quantitative estimate of drug-likeness (QED) is 0.899. The molecule has 0 radical (unpaired) electrons. The summed E-state index contributed by atoms with van der Waals surface area (Å²) in [5.41, 5.74) is -0.753. The van der Waals surface area contributed by atoms with Gasteiger partial charge in [-0.05, 0) is 38.3 Å². The lowest BCUT2D eigenvalue weighted by atomic mass is 9.79. The van der Waals surface area contributed by atoms with Crippen LogP contribution in [0.4, 0.5) is 10.2 Å². The Balaban J connectivity index is 1.87. The molecule has 3 heterocycles. The second-order valence-corrected chi connectivity index (χ2v) is 6.00. The van der Waals surface area contributed by atoms with Gasteiger partial charge in [0.15, 0.2) is 11.6 Å². The lowest BCUT2D eigenvalue weighted by molar-refractivity contribution is -0.108. The molecule has 2 aliphatic heterocycles. The molecule has 110 valence electrons. The number of hydrogen-bond donors (Lipinski definition) is 1. The first-order valence-electron chi connectivity index (χ1n) is 7.27. The minimum absolute atomic E-state index is 0.000145. The fourth-order valence-electron chi connectivity index (χ4n) is 3.44. The first-order valence-corrected chi connectivity index (χ1v) is 7.27. The molecule has 1 N–H and O–H groups in total. The summed E-state index contributed by atoms with van der Waals surface area (Å²) in [6, 6.07) is 3.13. The van der Waals surface area contributed by atoms with Gasteiger partial charge >= 0.3 is 0 Å². The molecule has 2 saturated heterocycles. The molecule has 0 aromatic carbocycles. The SMILES string of the molecule is C[C@]1(O)CCOC[C@H]1[C@@H]1CCCN1c1ncccc1F. The van der Waals surface area contributed by atoms with Crippen LogP contribution in [-0.2, 0) is 4.74 Å². The lowest BCUT2D eigenvalue weighted by Crippen LogP contribution is -2.52. The van der Waals surface area contributed by atoms with Gasteiger partial charge in [-0.1, -0.05) is 0 Å². The fraction of sp³-hybridized carbons (Fsp3) is 0.667. The number of anilines is 1. The van der Waals surface area contributed by atoms with E-state index in [2.05, 4.69) is 4.98 Å². The Hall–Kier alpha value is -1.20. The lowest BCUT2D eigenvalue weighted by Gasteiger charge is -2.43. The molecule has 0 unspecified atom stereocenters. The van der Waals surface area contributed by atoms with Crippen LogP contribution in [0.5, 0.6) is 0 Å². The second kappa shape index (κ2) is 5.30. The van der Waals surface area contributed by atoms with Crippen molar-refractivity contribution in [1.82, 2.24) is 4.98 Å². The summed E-state index contributed by atoms with van der Waals surface area (Å²) in [5, 5.41) is 10.6. The molecule has 0 spiro atoms. The van der Waals surface area contributed by atoms with Crippen LogP contribution in [-0.4, -0.2) is 41.5 Å². The van der Waals surface area contributed by atoms with E-state index in [9.17, 15) is 9.50 Å². The van der Waals surface area contributed by atoms with Gasteiger partial charge in [0.25, 0.3) is 0 Å². The van der Waals surface area contributed by atoms with Crippen LogP contribution in [0.25, 0.3) is 0 Å². The molecule has 20 heavy (non-hydrogen) atoms. The second-order valence-electron chi connectivity index (χ2n) is 6.00. The van der Waals surface area contributed by atoms with Crippen molar-refractivity contribution in [2.45, 2.75) is 37.8 Å². The summed E-state index contributed by atoms with van der Waals surface area (Å²) in [6.45, 7) is 3.77. The van der Waals surface area contributed by atoms with Gasteiger partial charge in [-0.25, -0.2) is 9.37 Å². The summed E-state index contributed by atoms with van der Waals surface area (Å²) >= 11 is 0. The standard InChI is InChI=1S/C15H21FN2O2/c1-15(19)6-9-20-10-11(15)13-5-3-8-18(13)14-12(16)4-2-7-17-14/h2,4,7,11,13,19H,3,5-6,8-10H2,1H3/t11-,13-,15-/m0/s1. The third-order valence-electron chi connectivity index (χ3n) is 4.62. The molecule has 4 nitrogen and oxygen atoms in total. The van der Waals surface area contributed by atoms with Gasteiger partial charge in [-0.2, -0.15) is 0 Å². The first kappa shape index (κ1) is 13.8. The van der Waals surface area contributed by atoms with E-state index in [0.717, 1.165) is 19.4 Å². The third kappa shape index (κ3) is 2.40. The highest BCUT2D eigenvalue weighted by Crippen LogP contribution is 2.37. The minimum Gasteiger partial charge on any atom is -0.390 e. The van der Waals surface area contributed by atoms with Gasteiger partial charge < -0.3 is 14.7 Å². The Kier molecular flexibility index (Phi) is 3.65. The summed E-state index contributed by atoms with van der Waals surface area (Å²) in [6.07, 6.45) is 4.18. The molecule has 2 aliphatic rings. The van der Waals surface area contributed by atoms with Gasteiger partial charge in [0.1, 0.15) is 0 Å². The van der Waals surface area contributed by atoms with Crippen LogP contribution in [0.15, 0.2) is 18.3 Å². The molecule has 3 atom stereocenters. The van der Waals surface area contributed by atoms with Crippen molar-refractivity contribution in [3.8, 4) is 0 Å². The Morgan fingerprint density at radius 3 is 3.15 bits per heavy atom. The topological polar surface area (TPSA) is 45.6 Å². The van der Waals surface area contributed by atoms with E-state index in [4.69, 9.17) is 4.74 Å². The fourth-order valence-corrected chi connectivity index (χ4v) is 3.44. The van der Waals surface area contributed by atoms with E-state index in [1.54, 1.807) is 12.3 Å². The Morgan fingerprint density at radius 2 is 2.40 bits per heavy atom. The van der Waals surface area contributed by atoms with Crippen molar-refractivity contribution in [2.24, 2.45) is 5.92 Å². The van der Waals surface area contributed by atoms with E-state index in [0.29, 0.717) is 25.5 Å². The van der Waals surface area contributed by atoms with Crippen molar-refractivity contribution in [3.05, 3.63) is 24.1 Å². The predicted molar refractivity (Wildman–Crippen MR) is 74.1 cm³/mol. The van der Waals surface area contributed by atoms with Gasteiger partial charge in [-0.3, -0.25) is 0 Å². The van der Waals surface area contributed by atoms with Crippen LogP contribution >= 0.6 is 0 Å². The van der Waals surface area contributed by atoms with E-state index in [1.807, 2.05) is 11.8 Å². The summed E-state index contributed by atoms with van der Waals surface area (Å²) in [7, 11) is 0. The molecule has 3 rings (SSSR count). The molecule has 1 aromatic rings. The highest BCUT2D eigenvalue weighted by Gasteiger charge is 2.44. The predicted octanol–water partition coefficient (Wildman–Crippen LogP) is 1.98. The molecule has 2 fully saturated rings. The highest BCUT2D eigenvalue weighted by molar-refractivity contribution is 5.42. The van der Waals surface area contributed by atoms with E-state index in [-0.39, 0.29) is 17.8 Å². The molecular weight excluding hydrogens is 259 g/mol. The monoisotopic (exact) mass is 280 g/mol. The van der Waals surface area contributed by atoms with Crippen molar-refractivity contribution < 1.29 is 14.2 Å². The van der Waals surface area contributed by atoms with Crippen LogP contribution < -0.4 is 4.90 Å². The maximum absolute atomic E-state index is 14.0. The van der Waals surface area contributed by atoms with Crippen molar-refractivity contribution in [2.75, 3.05) is 24.7 Å². The normalized spacial score (nSPS) is 34.5. The number of nitrogens with zero attached hydrogens (tertiary/aromatic N) is 2. The zero-order chi connectivity index (χ0) is 14.2. The molecule has 0 bridgehead atoms. The number of aromatic nitrogens is 1. The van der Waals surface area contributed by atoms with Crippen LogP contribution in [0, 0.1) is 11.7 Å². The van der Waals surface area contributed by atoms with Crippen molar-refractivity contribution in [3.63, 3.8) is 0 Å². The highest BCUT2D eigenvalue weighted by atomic mass is 19.1. The average molecular weight is 280 g/mol. The van der Waals surface area contributed by atoms with E-state index < -0.39 is 5.60 Å². The van der Waals surface area contributed by atoms with Gasteiger partial charge in [0.2, 0.25) is 0 Å². The molecule has 1 aromatic heterocycles. The van der Waals surface area contributed by atoms with Crippen molar-refractivity contribution in [1.29, 1.82) is 0 Å². The van der Waals surface area contributed by atoms with E-state index in [1.165, 1.54) is 6.07 Å². The Labute approximate surface area is 118 Å². The number of hydrogen-bond acceptors (Lipinski definition) is 4. The number of halogens is 1. The summed E-state index contributed by atoms with van der Waals surface area (Å²) in [5.74, 6) is 0.104. The zero-order valence-electron chi connectivity index (χ0n) is 11.8. The minimum atomic E-state index is -0.753. The number of aliphatic hydroxyl groups is 1. The van der Waals surface area contributed by atoms with Crippen LogP contribution in [0.2, 0.25) is 0 Å². The largest absolute Gasteiger partial charge is 0.390 e.